The molecule has 6 N–H and O–H groups in total. The summed E-state index contributed by atoms with van der Waals surface area (Å²) >= 11 is 0. The lowest BCUT2D eigenvalue weighted by atomic mass is 10.00. The second-order valence-corrected chi connectivity index (χ2v) is 8.61. The highest BCUT2D eigenvalue weighted by Crippen LogP contribution is 2.27. The number of hydrogen-bond acceptors (Lipinski definition) is 10. The van der Waals surface area contributed by atoms with Gasteiger partial charge in [0.25, 0.3) is 0 Å². The average Bonchev–Trinajstić information content (AvgIpc) is 2.80. The number of ether oxygens (including phenoxy) is 4. The maximum atomic E-state index is 11.3. The van der Waals surface area contributed by atoms with Crippen LogP contribution in [0, 0.1) is 0 Å². The van der Waals surface area contributed by atoms with Crippen LogP contribution >= 0.6 is 0 Å². The Morgan fingerprint density at radius 3 is 2.26 bits per heavy atom. The van der Waals surface area contributed by atoms with E-state index >= 15 is 0 Å². The summed E-state index contributed by atoms with van der Waals surface area (Å²) < 4.78 is 22.0. The molecule has 0 aromatic heterocycles. The minimum absolute atomic E-state index is 0.298. The smallest absolute Gasteiger partial charge is 0.305 e. The van der Waals surface area contributed by atoms with Crippen molar-refractivity contribution in [3.63, 3.8) is 0 Å². The van der Waals surface area contributed by atoms with Crippen LogP contribution in [0.4, 0.5) is 0 Å². The fourth-order valence-corrected chi connectivity index (χ4v) is 3.76. The van der Waals surface area contributed by atoms with Gasteiger partial charge in [-0.15, -0.1) is 0 Å². The zero-order valence-corrected chi connectivity index (χ0v) is 20.4. The van der Waals surface area contributed by atoms with Gasteiger partial charge < -0.3 is 49.6 Å². The Morgan fingerprint density at radius 1 is 1.06 bits per heavy atom. The van der Waals surface area contributed by atoms with Gasteiger partial charge in [0, 0.05) is 7.11 Å². The molecule has 1 fully saturated rings. The van der Waals surface area contributed by atoms with Crippen LogP contribution in [0.1, 0.15) is 65.7 Å². The van der Waals surface area contributed by atoms with E-state index in [0.717, 1.165) is 32.1 Å². The summed E-state index contributed by atoms with van der Waals surface area (Å²) in [6, 6.07) is 0. The van der Waals surface area contributed by atoms with E-state index in [4.69, 9.17) is 18.9 Å². The highest BCUT2D eigenvalue weighted by molar-refractivity contribution is 5.67. The zero-order valence-electron chi connectivity index (χ0n) is 20.4. The molecular weight excluding hydrogens is 452 g/mol. The number of carboxylic acid groups (broad SMARTS) is 1. The van der Waals surface area contributed by atoms with Crippen LogP contribution in [-0.2, 0) is 23.7 Å². The molecule has 1 aliphatic rings. The van der Waals surface area contributed by atoms with E-state index in [-0.39, 0.29) is 6.42 Å². The van der Waals surface area contributed by atoms with Gasteiger partial charge in [0.2, 0.25) is 0 Å². The summed E-state index contributed by atoms with van der Waals surface area (Å²) in [6.45, 7) is 5.06. The third-order valence-corrected chi connectivity index (χ3v) is 5.86. The first kappa shape index (κ1) is 30.7. The number of hydrogen-bond donors (Lipinski definition) is 6. The van der Waals surface area contributed by atoms with E-state index in [1.807, 2.05) is 0 Å². The predicted octanol–water partition coefficient (Wildman–Crippen LogP) is 1.21. The number of unbranched alkanes of at least 4 members (excludes halogenated alkanes) is 4. The van der Waals surface area contributed by atoms with Crippen molar-refractivity contribution >= 4 is 5.97 Å². The summed E-state index contributed by atoms with van der Waals surface area (Å²) in [5, 5.41) is 60.7. The fourth-order valence-electron chi connectivity index (χ4n) is 3.76. The van der Waals surface area contributed by atoms with Crippen molar-refractivity contribution in [3.05, 3.63) is 11.8 Å². The first-order valence-corrected chi connectivity index (χ1v) is 11.9. The number of aliphatic carboxylic acids is 1. The summed E-state index contributed by atoms with van der Waals surface area (Å²) in [5.74, 6) is -1.48. The fraction of sp³-hybridized carbons (Fsp3) is 0.870. The Hall–Kier alpha value is -1.31. The highest BCUT2D eigenvalue weighted by Gasteiger charge is 2.45. The number of allylic oxidation sites excluding steroid dienone is 1. The van der Waals surface area contributed by atoms with Crippen LogP contribution in [-0.4, -0.2) is 99.0 Å². The minimum atomic E-state index is -1.66. The third kappa shape index (κ3) is 9.38. The number of aliphatic hydroxyl groups is 5. The van der Waals surface area contributed by atoms with Crippen molar-refractivity contribution < 1.29 is 54.4 Å². The second kappa shape index (κ2) is 15.6. The number of carboxylic acids is 1. The minimum Gasteiger partial charge on any atom is -0.510 e. The van der Waals surface area contributed by atoms with Crippen molar-refractivity contribution in [2.24, 2.45) is 0 Å². The van der Waals surface area contributed by atoms with Crippen molar-refractivity contribution in [1.82, 2.24) is 0 Å². The lowest BCUT2D eigenvalue weighted by molar-refractivity contribution is -0.318. The van der Waals surface area contributed by atoms with Gasteiger partial charge in [0.15, 0.2) is 12.6 Å². The van der Waals surface area contributed by atoms with Gasteiger partial charge in [-0.2, -0.15) is 0 Å². The Morgan fingerprint density at radius 2 is 1.71 bits per heavy atom. The Labute approximate surface area is 200 Å². The van der Waals surface area contributed by atoms with Crippen LogP contribution in [0.3, 0.4) is 0 Å². The van der Waals surface area contributed by atoms with Gasteiger partial charge in [-0.25, -0.2) is 0 Å². The SMILES string of the molecule is C/C=C(/O)C(OC1OC(C)C(O)C(O)C1O)C(O)C(OC)OC(CCCCCCC)CC(=O)O. The van der Waals surface area contributed by atoms with Gasteiger partial charge in [-0.1, -0.05) is 39.0 Å². The van der Waals surface area contributed by atoms with Crippen LogP contribution in [0.15, 0.2) is 11.8 Å². The summed E-state index contributed by atoms with van der Waals surface area (Å²) in [6.07, 6.45) is -5.97. The van der Waals surface area contributed by atoms with E-state index in [1.165, 1.54) is 27.0 Å². The van der Waals surface area contributed by atoms with Crippen molar-refractivity contribution in [2.45, 2.75) is 121 Å². The van der Waals surface area contributed by atoms with Gasteiger partial charge in [0.1, 0.15) is 36.3 Å². The first-order chi connectivity index (χ1) is 16.1. The molecule has 1 heterocycles. The third-order valence-electron chi connectivity index (χ3n) is 5.86. The van der Waals surface area contributed by atoms with Gasteiger partial charge in [-0.05, 0) is 26.3 Å². The predicted molar refractivity (Wildman–Crippen MR) is 121 cm³/mol. The molecule has 11 nitrogen and oxygen atoms in total. The largest absolute Gasteiger partial charge is 0.510 e. The van der Waals surface area contributed by atoms with Crippen molar-refractivity contribution in [3.8, 4) is 0 Å². The molecule has 11 heteroatoms. The molecule has 1 aliphatic heterocycles. The molecule has 0 aromatic rings. The Bertz CT molecular complexity index is 614. The van der Waals surface area contributed by atoms with Crippen LogP contribution < -0.4 is 0 Å². The second-order valence-electron chi connectivity index (χ2n) is 8.61. The molecule has 0 saturated carbocycles. The Balaban J connectivity index is 2.94. The standard InChI is InChI=1S/C23H42O11/c1-5-7-8-9-10-11-14(12-16(25)26)33-22(31-4)20(30)21(15(24)6-2)34-23-19(29)18(28)17(27)13(3)32-23/h6,13-14,17-24,27-30H,5,7-12H2,1-4H3,(H,25,26)/b15-6+. The molecular formula is C23H42O11. The maximum absolute atomic E-state index is 11.3. The van der Waals surface area contributed by atoms with Crippen LogP contribution in [0.25, 0.3) is 0 Å². The van der Waals surface area contributed by atoms with Gasteiger partial charge in [-0.3, -0.25) is 4.79 Å². The lowest BCUT2D eigenvalue weighted by Crippen LogP contribution is -2.59. The van der Waals surface area contributed by atoms with Crippen LogP contribution in [0.2, 0.25) is 0 Å². The normalized spacial score (nSPS) is 29.4. The zero-order chi connectivity index (χ0) is 25.8. The summed E-state index contributed by atoms with van der Waals surface area (Å²) in [7, 11) is 1.25. The van der Waals surface area contributed by atoms with E-state index in [1.54, 1.807) is 0 Å². The number of methoxy groups -OCH3 is 1. The topological polar surface area (TPSA) is 175 Å². The number of aliphatic hydroxyl groups excluding tert-OH is 5. The maximum Gasteiger partial charge on any atom is 0.305 e. The van der Waals surface area contributed by atoms with E-state index < -0.39 is 67.0 Å². The van der Waals surface area contributed by atoms with E-state index in [0.29, 0.717) is 6.42 Å². The molecule has 0 aliphatic carbocycles. The van der Waals surface area contributed by atoms with Gasteiger partial charge in [0.05, 0.1) is 18.6 Å². The lowest BCUT2D eigenvalue weighted by Gasteiger charge is -2.41. The monoisotopic (exact) mass is 494 g/mol. The van der Waals surface area contributed by atoms with Crippen LogP contribution in [0.5, 0.6) is 0 Å². The molecule has 34 heavy (non-hydrogen) atoms. The van der Waals surface area contributed by atoms with E-state index in [9.17, 15) is 35.4 Å². The molecule has 1 rings (SSSR count). The highest BCUT2D eigenvalue weighted by atomic mass is 16.7. The molecule has 0 bridgehead atoms. The quantitative estimate of drug-likeness (QED) is 0.103. The molecule has 0 radical (unpaired) electrons. The molecule has 9 atom stereocenters. The van der Waals surface area contributed by atoms with Crippen molar-refractivity contribution in [2.75, 3.05) is 7.11 Å². The number of rotatable bonds is 16. The molecule has 0 spiro atoms. The molecule has 200 valence electrons. The molecule has 0 amide bonds. The number of carbonyl (C=O) groups is 1. The molecule has 1 saturated heterocycles. The first-order valence-electron chi connectivity index (χ1n) is 11.9. The van der Waals surface area contributed by atoms with Crippen molar-refractivity contribution in [1.29, 1.82) is 0 Å². The van der Waals surface area contributed by atoms with Gasteiger partial charge >= 0.3 is 5.97 Å². The van der Waals surface area contributed by atoms with E-state index in [2.05, 4.69) is 6.92 Å². The molecule has 0 aromatic carbocycles. The summed E-state index contributed by atoms with van der Waals surface area (Å²) in [4.78, 5) is 11.3. The molecule has 9 unspecified atom stereocenters. The Kier molecular flexibility index (Phi) is 14.1. The summed E-state index contributed by atoms with van der Waals surface area (Å²) in [5.41, 5.74) is 0. The average molecular weight is 495 g/mol.